The molecule has 1 aliphatic rings. The van der Waals surface area contributed by atoms with Gasteiger partial charge in [-0.25, -0.2) is 0 Å². The number of fused-ring (bicyclic) bond motifs is 1. The van der Waals surface area contributed by atoms with Gasteiger partial charge in [-0.15, -0.1) is 0 Å². The quantitative estimate of drug-likeness (QED) is 0.273. The molecule has 8 nitrogen and oxygen atoms in total. The number of ether oxygens (including phenoxy) is 1. The molecule has 0 fully saturated rings. The van der Waals surface area contributed by atoms with Gasteiger partial charge in [-0.05, 0) is 13.0 Å². The number of amides is 1. The van der Waals surface area contributed by atoms with Crippen LogP contribution >= 0.6 is 0 Å². The molecule has 100 valence electrons. The summed E-state index contributed by atoms with van der Waals surface area (Å²) < 4.78 is 4.78. The first-order chi connectivity index (χ1) is 8.95. The SMILES string of the molecule is CCOC(=O)C1C(=O)Nc2cc(N)c([N+](=O)[O-])cc21. The van der Waals surface area contributed by atoms with Gasteiger partial charge in [-0.2, -0.15) is 0 Å². The molecule has 0 radical (unpaired) electrons. The fourth-order valence-electron chi connectivity index (χ4n) is 1.93. The van der Waals surface area contributed by atoms with Crippen LogP contribution in [0.3, 0.4) is 0 Å². The Labute approximate surface area is 107 Å². The van der Waals surface area contributed by atoms with E-state index in [4.69, 9.17) is 10.5 Å². The fraction of sp³-hybridized carbons (Fsp3) is 0.273. The number of hydrogen-bond acceptors (Lipinski definition) is 6. The number of nitro groups is 1. The highest BCUT2D eigenvalue weighted by Crippen LogP contribution is 2.38. The first-order valence-corrected chi connectivity index (χ1v) is 5.51. The molecular weight excluding hydrogens is 254 g/mol. The van der Waals surface area contributed by atoms with Crippen molar-refractivity contribution < 1.29 is 19.2 Å². The average molecular weight is 265 g/mol. The number of nitrogens with zero attached hydrogens (tertiary/aromatic N) is 1. The zero-order chi connectivity index (χ0) is 14.2. The molecule has 1 unspecified atom stereocenters. The number of benzene rings is 1. The van der Waals surface area contributed by atoms with E-state index in [1.54, 1.807) is 6.92 Å². The lowest BCUT2D eigenvalue weighted by atomic mass is 10.00. The van der Waals surface area contributed by atoms with Crippen molar-refractivity contribution in [1.82, 2.24) is 0 Å². The maximum absolute atomic E-state index is 11.7. The Morgan fingerprint density at radius 1 is 1.58 bits per heavy atom. The van der Waals surface area contributed by atoms with Gasteiger partial charge in [0.2, 0.25) is 5.91 Å². The molecule has 0 aromatic heterocycles. The van der Waals surface area contributed by atoms with Gasteiger partial charge in [0.05, 0.1) is 11.5 Å². The maximum Gasteiger partial charge on any atom is 0.323 e. The number of nitrogen functional groups attached to an aromatic ring is 1. The molecule has 8 heteroatoms. The number of hydrogen-bond donors (Lipinski definition) is 2. The summed E-state index contributed by atoms with van der Waals surface area (Å²) >= 11 is 0. The van der Waals surface area contributed by atoms with Gasteiger partial charge in [-0.1, -0.05) is 0 Å². The van der Waals surface area contributed by atoms with Crippen LogP contribution in [-0.4, -0.2) is 23.4 Å². The first-order valence-electron chi connectivity index (χ1n) is 5.51. The number of nitrogens with one attached hydrogen (secondary N) is 1. The van der Waals surface area contributed by atoms with Crippen molar-refractivity contribution >= 4 is 28.9 Å². The number of carbonyl (C=O) groups is 2. The predicted molar refractivity (Wildman–Crippen MR) is 65.5 cm³/mol. The van der Waals surface area contributed by atoms with Crippen molar-refractivity contribution in [3.63, 3.8) is 0 Å². The van der Waals surface area contributed by atoms with Crippen LogP contribution in [0.1, 0.15) is 18.4 Å². The topological polar surface area (TPSA) is 125 Å². The van der Waals surface area contributed by atoms with Crippen molar-refractivity contribution in [2.45, 2.75) is 12.8 Å². The number of rotatable bonds is 3. The van der Waals surface area contributed by atoms with E-state index in [0.29, 0.717) is 5.69 Å². The van der Waals surface area contributed by atoms with Crippen molar-refractivity contribution in [3.05, 3.63) is 27.8 Å². The van der Waals surface area contributed by atoms with Crippen LogP contribution in [0.15, 0.2) is 12.1 Å². The molecule has 0 saturated carbocycles. The van der Waals surface area contributed by atoms with Gasteiger partial charge in [0.1, 0.15) is 5.69 Å². The molecule has 3 N–H and O–H groups in total. The molecule has 1 aromatic rings. The minimum atomic E-state index is -1.19. The van der Waals surface area contributed by atoms with Gasteiger partial charge < -0.3 is 15.8 Å². The van der Waals surface area contributed by atoms with E-state index in [2.05, 4.69) is 5.32 Å². The van der Waals surface area contributed by atoms with Gasteiger partial charge >= 0.3 is 5.97 Å². The summed E-state index contributed by atoms with van der Waals surface area (Å²) in [6.07, 6.45) is 0. The summed E-state index contributed by atoms with van der Waals surface area (Å²) in [6, 6.07) is 2.40. The summed E-state index contributed by atoms with van der Waals surface area (Å²) in [4.78, 5) is 33.6. The second-order valence-electron chi connectivity index (χ2n) is 3.93. The van der Waals surface area contributed by atoms with Gasteiger partial charge in [0.25, 0.3) is 5.69 Å². The molecule has 0 spiro atoms. The van der Waals surface area contributed by atoms with Gasteiger partial charge in [0.15, 0.2) is 5.92 Å². The molecule has 1 heterocycles. The minimum absolute atomic E-state index is 0.0754. The zero-order valence-electron chi connectivity index (χ0n) is 10.0. The molecule has 0 saturated heterocycles. The monoisotopic (exact) mass is 265 g/mol. The van der Waals surface area contributed by atoms with Crippen molar-refractivity contribution in [2.75, 3.05) is 17.7 Å². The Morgan fingerprint density at radius 3 is 2.84 bits per heavy atom. The lowest BCUT2D eigenvalue weighted by Crippen LogP contribution is -2.23. The Morgan fingerprint density at radius 2 is 2.26 bits per heavy atom. The Hall–Kier alpha value is -2.64. The summed E-state index contributed by atoms with van der Waals surface area (Å²) in [5.41, 5.74) is 5.60. The summed E-state index contributed by atoms with van der Waals surface area (Å²) in [6.45, 7) is 1.73. The van der Waals surface area contributed by atoms with Crippen molar-refractivity contribution in [3.8, 4) is 0 Å². The van der Waals surface area contributed by atoms with Crippen molar-refractivity contribution in [1.29, 1.82) is 0 Å². The fourth-order valence-corrected chi connectivity index (χ4v) is 1.93. The molecule has 2 rings (SSSR count). The smallest absolute Gasteiger partial charge is 0.323 e. The third kappa shape index (κ3) is 2.07. The van der Waals surface area contributed by atoms with Crippen LogP contribution in [0, 0.1) is 10.1 Å². The van der Waals surface area contributed by atoms with Crippen LogP contribution in [-0.2, 0) is 14.3 Å². The minimum Gasteiger partial charge on any atom is -0.465 e. The molecule has 1 aromatic carbocycles. The van der Waals surface area contributed by atoms with E-state index in [9.17, 15) is 19.7 Å². The highest BCUT2D eigenvalue weighted by Gasteiger charge is 2.39. The molecular formula is C11H11N3O5. The lowest BCUT2D eigenvalue weighted by molar-refractivity contribution is -0.383. The predicted octanol–water partition coefficient (Wildman–Crippen LogP) is 0.776. The van der Waals surface area contributed by atoms with Crippen LogP contribution < -0.4 is 11.1 Å². The lowest BCUT2D eigenvalue weighted by Gasteiger charge is -2.08. The highest BCUT2D eigenvalue weighted by atomic mass is 16.6. The number of nitro benzene ring substituents is 1. The van der Waals surface area contributed by atoms with Crippen LogP contribution in [0.4, 0.5) is 17.1 Å². The Bertz CT molecular complexity index is 584. The summed E-state index contributed by atoms with van der Waals surface area (Å²) in [7, 11) is 0. The average Bonchev–Trinajstić information content (AvgIpc) is 2.63. The normalized spacial score (nSPS) is 16.7. The second-order valence-corrected chi connectivity index (χ2v) is 3.93. The zero-order valence-corrected chi connectivity index (χ0v) is 10.0. The van der Waals surface area contributed by atoms with E-state index in [0.717, 1.165) is 6.07 Å². The number of nitrogens with two attached hydrogens (primary N) is 1. The van der Waals surface area contributed by atoms with E-state index < -0.39 is 22.7 Å². The third-order valence-corrected chi connectivity index (χ3v) is 2.75. The van der Waals surface area contributed by atoms with Crippen LogP contribution in [0.5, 0.6) is 0 Å². The van der Waals surface area contributed by atoms with E-state index in [1.165, 1.54) is 6.07 Å². The molecule has 0 bridgehead atoms. The largest absolute Gasteiger partial charge is 0.465 e. The van der Waals surface area contributed by atoms with Gasteiger partial charge in [0, 0.05) is 17.3 Å². The molecule has 0 aliphatic carbocycles. The molecule has 19 heavy (non-hydrogen) atoms. The number of anilines is 2. The molecule has 1 aliphatic heterocycles. The Balaban J connectivity index is 2.50. The Kier molecular flexibility index (Phi) is 3.07. The van der Waals surface area contributed by atoms with E-state index >= 15 is 0 Å². The maximum atomic E-state index is 11.7. The number of carbonyl (C=O) groups excluding carboxylic acids is 2. The standard InChI is InChI=1S/C11H11N3O5/c1-2-19-11(16)9-5-3-8(14(17)18)6(12)4-7(5)13-10(9)15/h3-4,9H,2,12H2,1H3,(H,13,15). The highest BCUT2D eigenvalue weighted by molar-refractivity contribution is 6.15. The van der Waals surface area contributed by atoms with Crippen molar-refractivity contribution in [2.24, 2.45) is 0 Å². The summed E-state index contributed by atoms with van der Waals surface area (Å²) in [5, 5.41) is 13.3. The van der Waals surface area contributed by atoms with E-state index in [1.807, 2.05) is 0 Å². The third-order valence-electron chi connectivity index (χ3n) is 2.75. The van der Waals surface area contributed by atoms with Gasteiger partial charge in [-0.3, -0.25) is 19.7 Å². The summed E-state index contributed by atoms with van der Waals surface area (Å²) in [5.74, 6) is -2.50. The van der Waals surface area contributed by atoms with E-state index in [-0.39, 0.29) is 23.5 Å². The number of esters is 1. The first kappa shape index (κ1) is 12.8. The van der Waals surface area contributed by atoms with Crippen LogP contribution in [0.2, 0.25) is 0 Å². The van der Waals surface area contributed by atoms with Crippen LogP contribution in [0.25, 0.3) is 0 Å². The molecule has 1 amide bonds. The second kappa shape index (κ2) is 4.56. The molecule has 1 atom stereocenters.